The summed E-state index contributed by atoms with van der Waals surface area (Å²) >= 11 is 0. The number of phenolic OH excluding ortho intramolecular Hbond substituents is 1. The first-order valence-electron chi connectivity index (χ1n) is 5.69. The number of aromatic nitrogens is 2. The average Bonchev–Trinajstić information content (AvgIpc) is 2.74. The molecule has 0 fully saturated rings. The molecule has 3 rings (SSSR count). The minimum atomic E-state index is 0.260. The highest BCUT2D eigenvalue weighted by Gasteiger charge is 2.07. The fraction of sp³-hybridized carbons (Fsp3) is 0.0714. The number of aromatic amines is 1. The summed E-state index contributed by atoms with van der Waals surface area (Å²) in [7, 11) is 0. The largest absolute Gasteiger partial charge is 0.508 e. The summed E-state index contributed by atoms with van der Waals surface area (Å²) < 4.78 is 0. The van der Waals surface area contributed by atoms with Crippen LogP contribution in [0.25, 0.3) is 22.0 Å². The number of phenols is 1. The molecular weight excluding hydrogens is 226 g/mol. The Labute approximate surface area is 104 Å². The maximum absolute atomic E-state index is 9.58. The minimum Gasteiger partial charge on any atom is -0.508 e. The molecule has 1 heterocycles. The first-order chi connectivity index (χ1) is 8.65. The van der Waals surface area contributed by atoms with E-state index in [-0.39, 0.29) is 5.75 Å². The Bertz CT molecular complexity index is 731. The molecule has 90 valence electrons. The number of nitrogens with zero attached hydrogens (tertiary/aromatic N) is 1. The molecule has 0 amide bonds. The first kappa shape index (κ1) is 10.7. The lowest BCUT2D eigenvalue weighted by Crippen LogP contribution is -1.86. The van der Waals surface area contributed by atoms with Crippen molar-refractivity contribution < 1.29 is 5.11 Å². The molecule has 2 aromatic carbocycles. The number of hydrogen-bond acceptors (Lipinski definition) is 3. The molecule has 0 radical (unpaired) electrons. The summed E-state index contributed by atoms with van der Waals surface area (Å²) in [5, 5.41) is 17.3. The van der Waals surface area contributed by atoms with Crippen molar-refractivity contribution in [2.45, 2.75) is 6.92 Å². The summed E-state index contributed by atoms with van der Waals surface area (Å²) in [6, 6.07) is 11.2. The predicted octanol–water partition coefficient (Wildman–Crippen LogP) is 2.83. The van der Waals surface area contributed by atoms with E-state index in [0.29, 0.717) is 5.82 Å². The molecule has 4 nitrogen and oxygen atoms in total. The third kappa shape index (κ3) is 1.59. The molecule has 4 heteroatoms. The second kappa shape index (κ2) is 3.77. The highest BCUT2D eigenvalue weighted by Crippen LogP contribution is 2.30. The van der Waals surface area contributed by atoms with E-state index in [1.165, 1.54) is 0 Å². The normalized spacial score (nSPS) is 10.9. The monoisotopic (exact) mass is 239 g/mol. The number of fused-ring (bicyclic) bond motifs is 1. The van der Waals surface area contributed by atoms with Crippen molar-refractivity contribution in [2.75, 3.05) is 5.73 Å². The number of hydrogen-bond donors (Lipinski definition) is 3. The molecular formula is C14H13N3O. The number of nitrogen functional groups attached to an aromatic ring is 1. The van der Waals surface area contributed by atoms with E-state index in [4.69, 9.17) is 5.73 Å². The van der Waals surface area contributed by atoms with Crippen LogP contribution >= 0.6 is 0 Å². The van der Waals surface area contributed by atoms with E-state index >= 15 is 0 Å². The van der Waals surface area contributed by atoms with Crippen LogP contribution in [-0.2, 0) is 0 Å². The zero-order chi connectivity index (χ0) is 12.7. The predicted molar refractivity (Wildman–Crippen MR) is 72.3 cm³/mol. The van der Waals surface area contributed by atoms with Crippen LogP contribution in [0.3, 0.4) is 0 Å². The van der Waals surface area contributed by atoms with Crippen molar-refractivity contribution in [3.63, 3.8) is 0 Å². The van der Waals surface area contributed by atoms with E-state index in [1.807, 2.05) is 31.2 Å². The van der Waals surface area contributed by atoms with Crippen LogP contribution in [0.5, 0.6) is 5.75 Å². The number of rotatable bonds is 1. The fourth-order valence-electron chi connectivity index (χ4n) is 2.12. The SMILES string of the molecule is Cc1ccc(O)cc1-c1ccc2[nH]nc(N)c2c1. The quantitative estimate of drug-likeness (QED) is 0.611. The van der Waals surface area contributed by atoms with Crippen molar-refractivity contribution in [1.29, 1.82) is 0 Å². The number of anilines is 1. The highest BCUT2D eigenvalue weighted by atomic mass is 16.3. The number of aryl methyl sites for hydroxylation is 1. The van der Waals surface area contributed by atoms with Crippen molar-refractivity contribution >= 4 is 16.7 Å². The van der Waals surface area contributed by atoms with Gasteiger partial charge in [-0.3, -0.25) is 5.10 Å². The van der Waals surface area contributed by atoms with Gasteiger partial charge in [-0.05, 0) is 47.9 Å². The van der Waals surface area contributed by atoms with E-state index in [2.05, 4.69) is 10.2 Å². The van der Waals surface area contributed by atoms with Gasteiger partial charge in [-0.15, -0.1) is 0 Å². The average molecular weight is 239 g/mol. The van der Waals surface area contributed by atoms with Gasteiger partial charge in [0.15, 0.2) is 5.82 Å². The molecule has 18 heavy (non-hydrogen) atoms. The Balaban J connectivity index is 2.24. The Morgan fingerprint density at radius 3 is 2.83 bits per heavy atom. The van der Waals surface area contributed by atoms with Crippen LogP contribution in [0.2, 0.25) is 0 Å². The van der Waals surface area contributed by atoms with Crippen LogP contribution in [-0.4, -0.2) is 15.3 Å². The molecule has 0 bridgehead atoms. The zero-order valence-corrected chi connectivity index (χ0v) is 9.94. The van der Waals surface area contributed by atoms with Crippen molar-refractivity contribution in [3.8, 4) is 16.9 Å². The highest BCUT2D eigenvalue weighted by molar-refractivity contribution is 5.92. The second-order valence-corrected chi connectivity index (χ2v) is 4.37. The zero-order valence-electron chi connectivity index (χ0n) is 9.94. The number of benzene rings is 2. The molecule has 1 aromatic heterocycles. The molecule has 0 unspecified atom stereocenters. The molecule has 4 N–H and O–H groups in total. The third-order valence-corrected chi connectivity index (χ3v) is 3.12. The Hall–Kier alpha value is -2.49. The lowest BCUT2D eigenvalue weighted by molar-refractivity contribution is 0.475. The second-order valence-electron chi connectivity index (χ2n) is 4.37. The van der Waals surface area contributed by atoms with Gasteiger partial charge in [0.2, 0.25) is 0 Å². The van der Waals surface area contributed by atoms with Gasteiger partial charge in [-0.2, -0.15) is 5.10 Å². The van der Waals surface area contributed by atoms with Crippen LogP contribution in [0.4, 0.5) is 5.82 Å². The molecule has 0 aliphatic carbocycles. The van der Waals surface area contributed by atoms with Crippen LogP contribution < -0.4 is 5.73 Å². The van der Waals surface area contributed by atoms with E-state index in [0.717, 1.165) is 27.6 Å². The van der Waals surface area contributed by atoms with Gasteiger partial charge in [0.1, 0.15) is 5.75 Å². The number of aromatic hydroxyl groups is 1. The van der Waals surface area contributed by atoms with Crippen molar-refractivity contribution in [1.82, 2.24) is 10.2 Å². The minimum absolute atomic E-state index is 0.260. The lowest BCUT2D eigenvalue weighted by atomic mass is 9.99. The Morgan fingerprint density at radius 2 is 2.00 bits per heavy atom. The molecule has 3 aromatic rings. The van der Waals surface area contributed by atoms with Crippen molar-refractivity contribution in [3.05, 3.63) is 42.0 Å². The summed E-state index contributed by atoms with van der Waals surface area (Å²) in [6.07, 6.45) is 0. The molecule has 0 saturated carbocycles. The van der Waals surface area contributed by atoms with E-state index in [9.17, 15) is 5.11 Å². The number of nitrogens with two attached hydrogens (primary N) is 1. The van der Waals surface area contributed by atoms with Crippen LogP contribution in [0, 0.1) is 6.92 Å². The van der Waals surface area contributed by atoms with E-state index in [1.54, 1.807) is 12.1 Å². The topological polar surface area (TPSA) is 74.9 Å². The standard InChI is InChI=1S/C14H13N3O/c1-8-2-4-10(18)7-11(8)9-3-5-13-12(6-9)14(15)17-16-13/h2-7,18H,1H3,(H3,15,16,17). The Morgan fingerprint density at radius 1 is 1.17 bits per heavy atom. The smallest absolute Gasteiger partial charge is 0.153 e. The molecule has 0 aliphatic heterocycles. The summed E-state index contributed by atoms with van der Waals surface area (Å²) in [4.78, 5) is 0. The Kier molecular flexibility index (Phi) is 2.23. The summed E-state index contributed by atoms with van der Waals surface area (Å²) in [6.45, 7) is 2.01. The number of nitrogens with one attached hydrogen (secondary N) is 1. The first-order valence-corrected chi connectivity index (χ1v) is 5.69. The maximum Gasteiger partial charge on any atom is 0.153 e. The van der Waals surface area contributed by atoms with Crippen LogP contribution in [0.15, 0.2) is 36.4 Å². The van der Waals surface area contributed by atoms with E-state index < -0.39 is 0 Å². The van der Waals surface area contributed by atoms with Gasteiger partial charge in [-0.25, -0.2) is 0 Å². The van der Waals surface area contributed by atoms with Gasteiger partial charge in [0, 0.05) is 5.39 Å². The molecule has 0 saturated heterocycles. The summed E-state index contributed by atoms with van der Waals surface area (Å²) in [5.74, 6) is 0.750. The lowest BCUT2D eigenvalue weighted by Gasteiger charge is -2.07. The van der Waals surface area contributed by atoms with Gasteiger partial charge < -0.3 is 10.8 Å². The van der Waals surface area contributed by atoms with Gasteiger partial charge in [0.05, 0.1) is 5.52 Å². The molecule has 0 aliphatic rings. The molecule has 0 atom stereocenters. The number of H-pyrrole nitrogens is 1. The van der Waals surface area contributed by atoms with Gasteiger partial charge >= 0.3 is 0 Å². The van der Waals surface area contributed by atoms with Crippen LogP contribution in [0.1, 0.15) is 5.56 Å². The summed E-state index contributed by atoms with van der Waals surface area (Å²) in [5.41, 5.74) is 9.83. The van der Waals surface area contributed by atoms with Gasteiger partial charge in [0.25, 0.3) is 0 Å². The molecule has 0 spiro atoms. The van der Waals surface area contributed by atoms with Crippen molar-refractivity contribution in [2.24, 2.45) is 0 Å². The third-order valence-electron chi connectivity index (χ3n) is 3.12. The maximum atomic E-state index is 9.58. The fourth-order valence-corrected chi connectivity index (χ4v) is 2.12. The van der Waals surface area contributed by atoms with Gasteiger partial charge in [-0.1, -0.05) is 12.1 Å².